The lowest BCUT2D eigenvalue weighted by molar-refractivity contribution is -0.140. The minimum absolute atomic E-state index is 0.155. The molecular formula is C22H18F4N2O2. The maximum absolute atomic E-state index is 14.2. The van der Waals surface area contributed by atoms with Crippen molar-refractivity contribution in [1.82, 2.24) is 4.57 Å². The summed E-state index contributed by atoms with van der Waals surface area (Å²) < 4.78 is 54.5. The molecule has 1 aromatic heterocycles. The number of anilines is 1. The molecule has 156 valence electrons. The van der Waals surface area contributed by atoms with Gasteiger partial charge in [0, 0.05) is 28.7 Å². The fraction of sp³-hybridized carbons (Fsp3) is 0.273. The van der Waals surface area contributed by atoms with Gasteiger partial charge in [-0.1, -0.05) is 18.2 Å². The zero-order valence-electron chi connectivity index (χ0n) is 15.8. The van der Waals surface area contributed by atoms with Crippen LogP contribution in [-0.4, -0.2) is 10.5 Å². The summed E-state index contributed by atoms with van der Waals surface area (Å²) in [6.45, 7) is 0. The standard InChI is InChI=1S/C22H18F4N2O2/c23-20-13(4-1-8-17(20)22(24,25)26)12-19(29)27-18-9-3-7-16-15(18)10-11-28(21(16)30)14-5-2-6-14/h1,3-4,7-11,14H,2,5-6,12H2,(H,27,29). The second kappa shape index (κ2) is 7.59. The fourth-order valence-corrected chi connectivity index (χ4v) is 3.66. The van der Waals surface area contributed by atoms with E-state index in [0.717, 1.165) is 31.4 Å². The van der Waals surface area contributed by atoms with Crippen molar-refractivity contribution in [1.29, 1.82) is 0 Å². The Morgan fingerprint density at radius 3 is 2.47 bits per heavy atom. The van der Waals surface area contributed by atoms with Gasteiger partial charge >= 0.3 is 6.18 Å². The van der Waals surface area contributed by atoms with E-state index in [2.05, 4.69) is 5.32 Å². The van der Waals surface area contributed by atoms with Crippen LogP contribution in [0, 0.1) is 5.82 Å². The van der Waals surface area contributed by atoms with Gasteiger partial charge in [0.1, 0.15) is 5.82 Å². The fourth-order valence-electron chi connectivity index (χ4n) is 3.66. The molecule has 1 aliphatic carbocycles. The number of alkyl halides is 3. The Bertz CT molecular complexity index is 1180. The lowest BCUT2D eigenvalue weighted by Crippen LogP contribution is -2.28. The van der Waals surface area contributed by atoms with Crippen LogP contribution in [0.2, 0.25) is 0 Å². The van der Waals surface area contributed by atoms with Gasteiger partial charge in [0.05, 0.1) is 12.0 Å². The molecule has 0 radical (unpaired) electrons. The highest BCUT2D eigenvalue weighted by Crippen LogP contribution is 2.33. The maximum Gasteiger partial charge on any atom is 0.419 e. The molecule has 1 saturated carbocycles. The number of halogens is 4. The lowest BCUT2D eigenvalue weighted by Gasteiger charge is -2.27. The van der Waals surface area contributed by atoms with Crippen molar-refractivity contribution < 1.29 is 22.4 Å². The molecule has 8 heteroatoms. The van der Waals surface area contributed by atoms with Gasteiger partial charge in [-0.05, 0) is 49.1 Å². The average molecular weight is 418 g/mol. The minimum atomic E-state index is -4.84. The van der Waals surface area contributed by atoms with Gasteiger partial charge in [0.25, 0.3) is 5.56 Å². The average Bonchev–Trinajstić information content (AvgIpc) is 2.63. The number of carbonyl (C=O) groups excluding carboxylic acids is 1. The molecule has 0 aliphatic heterocycles. The highest BCUT2D eigenvalue weighted by molar-refractivity contribution is 6.02. The van der Waals surface area contributed by atoms with Crippen LogP contribution in [0.25, 0.3) is 10.8 Å². The van der Waals surface area contributed by atoms with E-state index in [9.17, 15) is 27.2 Å². The molecule has 1 fully saturated rings. The molecule has 30 heavy (non-hydrogen) atoms. The third-order valence-corrected chi connectivity index (χ3v) is 5.45. The first-order valence-electron chi connectivity index (χ1n) is 9.54. The number of pyridine rings is 1. The first kappa shape index (κ1) is 20.1. The largest absolute Gasteiger partial charge is 0.419 e. The summed E-state index contributed by atoms with van der Waals surface area (Å²) in [4.78, 5) is 25.2. The van der Waals surface area contributed by atoms with Crippen LogP contribution in [0.15, 0.2) is 53.5 Å². The first-order chi connectivity index (χ1) is 14.3. The van der Waals surface area contributed by atoms with Crippen LogP contribution in [-0.2, 0) is 17.4 Å². The predicted molar refractivity (Wildman–Crippen MR) is 105 cm³/mol. The van der Waals surface area contributed by atoms with E-state index in [0.29, 0.717) is 22.5 Å². The summed E-state index contributed by atoms with van der Waals surface area (Å²) in [6, 6.07) is 9.63. The molecule has 1 N–H and O–H groups in total. The third kappa shape index (κ3) is 3.69. The van der Waals surface area contributed by atoms with Crippen molar-refractivity contribution in [3.05, 3.63) is 76.0 Å². The van der Waals surface area contributed by atoms with Crippen molar-refractivity contribution >= 4 is 22.4 Å². The van der Waals surface area contributed by atoms with E-state index in [1.807, 2.05) is 0 Å². The summed E-state index contributed by atoms with van der Waals surface area (Å²) in [6.07, 6.45) is -0.736. The second-order valence-electron chi connectivity index (χ2n) is 7.38. The van der Waals surface area contributed by atoms with Crippen molar-refractivity contribution in [3.8, 4) is 0 Å². The molecule has 3 aromatic rings. The van der Waals surface area contributed by atoms with Crippen LogP contribution in [0.5, 0.6) is 0 Å². The minimum Gasteiger partial charge on any atom is -0.325 e. The Labute approximate surface area is 169 Å². The number of aromatic nitrogens is 1. The molecule has 0 saturated heterocycles. The number of hydrogen-bond donors (Lipinski definition) is 1. The Morgan fingerprint density at radius 2 is 1.80 bits per heavy atom. The van der Waals surface area contributed by atoms with Crippen LogP contribution in [0.4, 0.5) is 23.2 Å². The summed E-state index contributed by atoms with van der Waals surface area (Å²) in [7, 11) is 0. The van der Waals surface area contributed by atoms with Crippen LogP contribution in [0.3, 0.4) is 0 Å². The van der Waals surface area contributed by atoms with E-state index >= 15 is 0 Å². The van der Waals surface area contributed by atoms with E-state index in [-0.39, 0.29) is 17.2 Å². The second-order valence-corrected chi connectivity index (χ2v) is 7.38. The monoisotopic (exact) mass is 418 g/mol. The molecule has 0 spiro atoms. The first-order valence-corrected chi connectivity index (χ1v) is 9.54. The van der Waals surface area contributed by atoms with Crippen LogP contribution >= 0.6 is 0 Å². The number of nitrogens with one attached hydrogen (secondary N) is 1. The number of benzene rings is 2. The maximum atomic E-state index is 14.2. The number of amides is 1. The molecule has 4 rings (SSSR count). The molecular weight excluding hydrogens is 400 g/mol. The Morgan fingerprint density at radius 1 is 1.07 bits per heavy atom. The van der Waals surface area contributed by atoms with Crippen molar-refractivity contribution in [3.63, 3.8) is 0 Å². The number of hydrogen-bond acceptors (Lipinski definition) is 2. The highest BCUT2D eigenvalue weighted by Gasteiger charge is 2.35. The van der Waals surface area contributed by atoms with Crippen molar-refractivity contribution in [2.75, 3.05) is 5.32 Å². The van der Waals surface area contributed by atoms with E-state index in [1.165, 1.54) is 0 Å². The molecule has 1 heterocycles. The summed E-state index contributed by atoms with van der Waals surface area (Å²) in [5.41, 5.74) is -1.57. The molecule has 2 aromatic carbocycles. The zero-order valence-corrected chi connectivity index (χ0v) is 15.8. The Kier molecular flexibility index (Phi) is 5.09. The summed E-state index contributed by atoms with van der Waals surface area (Å²) >= 11 is 0. The van der Waals surface area contributed by atoms with Gasteiger partial charge in [-0.15, -0.1) is 0 Å². The zero-order chi connectivity index (χ0) is 21.5. The normalized spacial score (nSPS) is 14.5. The summed E-state index contributed by atoms with van der Waals surface area (Å²) in [5, 5.41) is 3.55. The highest BCUT2D eigenvalue weighted by atomic mass is 19.4. The molecule has 1 amide bonds. The number of nitrogens with zero attached hydrogens (tertiary/aromatic N) is 1. The van der Waals surface area contributed by atoms with Crippen molar-refractivity contribution in [2.24, 2.45) is 0 Å². The number of carbonyl (C=O) groups is 1. The van der Waals surface area contributed by atoms with Crippen molar-refractivity contribution in [2.45, 2.75) is 37.9 Å². The van der Waals surface area contributed by atoms with Crippen LogP contribution < -0.4 is 10.9 Å². The van der Waals surface area contributed by atoms with Gasteiger partial charge in [0.2, 0.25) is 5.91 Å². The molecule has 0 bridgehead atoms. The molecule has 1 aliphatic rings. The SMILES string of the molecule is O=C(Cc1cccc(C(F)(F)F)c1F)Nc1cccc2c(=O)n(C3CCC3)ccc12. The topological polar surface area (TPSA) is 51.1 Å². The van der Waals surface area contributed by atoms with Crippen LogP contribution in [0.1, 0.15) is 36.4 Å². The molecule has 0 unspecified atom stereocenters. The smallest absolute Gasteiger partial charge is 0.325 e. The Balaban J connectivity index is 1.60. The molecule has 0 atom stereocenters. The van der Waals surface area contributed by atoms with E-state index in [4.69, 9.17) is 0 Å². The van der Waals surface area contributed by atoms with Gasteiger partial charge in [0.15, 0.2) is 0 Å². The Hall–Kier alpha value is -3.16. The van der Waals surface area contributed by atoms with E-state index < -0.39 is 29.9 Å². The number of rotatable bonds is 4. The summed E-state index contributed by atoms with van der Waals surface area (Å²) in [5.74, 6) is -2.13. The third-order valence-electron chi connectivity index (χ3n) is 5.45. The quantitative estimate of drug-likeness (QED) is 0.602. The van der Waals surface area contributed by atoms with E-state index in [1.54, 1.807) is 35.0 Å². The van der Waals surface area contributed by atoms with Gasteiger partial charge in [-0.2, -0.15) is 13.2 Å². The van der Waals surface area contributed by atoms with Gasteiger partial charge < -0.3 is 9.88 Å². The molecule has 4 nitrogen and oxygen atoms in total. The van der Waals surface area contributed by atoms with Gasteiger partial charge in [-0.25, -0.2) is 4.39 Å². The predicted octanol–water partition coefficient (Wildman–Crippen LogP) is 5.07. The lowest BCUT2D eigenvalue weighted by atomic mass is 9.92. The van der Waals surface area contributed by atoms with Gasteiger partial charge in [-0.3, -0.25) is 9.59 Å². The number of fused-ring (bicyclic) bond motifs is 1.